The topological polar surface area (TPSA) is 96.4 Å². The average molecular weight is 347 g/mol. The Hall–Kier alpha value is -1.83. The molecule has 1 aromatic heterocycles. The summed E-state index contributed by atoms with van der Waals surface area (Å²) in [6.45, 7) is 0. The second-order valence-electron chi connectivity index (χ2n) is 3.92. The van der Waals surface area contributed by atoms with Gasteiger partial charge in [-0.25, -0.2) is 18.2 Å². The largest absolute Gasteiger partial charge is 0.477 e. The van der Waals surface area contributed by atoms with Crippen LogP contribution in [0.1, 0.15) is 10.5 Å². The predicted molar refractivity (Wildman–Crippen MR) is 78.5 cm³/mol. The molecule has 6 nitrogen and oxygen atoms in total. The molecule has 0 saturated carbocycles. The maximum absolute atomic E-state index is 12.1. The highest BCUT2D eigenvalue weighted by Gasteiger charge is 2.16. The number of carboxylic acids is 1. The molecule has 2 rings (SSSR count). The van der Waals surface area contributed by atoms with E-state index < -0.39 is 16.0 Å². The smallest absolute Gasteiger partial charge is 0.354 e. The van der Waals surface area contributed by atoms with Gasteiger partial charge in [-0.05, 0) is 30.3 Å². The minimum Gasteiger partial charge on any atom is -0.477 e. The minimum absolute atomic E-state index is 0.0702. The van der Waals surface area contributed by atoms with Crippen LogP contribution in [-0.4, -0.2) is 24.5 Å². The molecule has 2 N–H and O–H groups in total. The van der Waals surface area contributed by atoms with Crippen molar-refractivity contribution in [3.05, 3.63) is 52.3 Å². The zero-order valence-corrected chi connectivity index (χ0v) is 12.6. The highest BCUT2D eigenvalue weighted by atomic mass is 35.5. The molecule has 21 heavy (non-hydrogen) atoms. The highest BCUT2D eigenvalue weighted by Crippen LogP contribution is 2.25. The Morgan fingerprint density at radius 3 is 2.38 bits per heavy atom. The van der Waals surface area contributed by atoms with Gasteiger partial charge in [0.15, 0.2) is 0 Å². The summed E-state index contributed by atoms with van der Waals surface area (Å²) in [5.41, 5.74) is -0.0569. The molecule has 0 fully saturated rings. The molecule has 110 valence electrons. The monoisotopic (exact) mass is 346 g/mol. The van der Waals surface area contributed by atoms with Crippen LogP contribution in [0.25, 0.3) is 0 Å². The van der Waals surface area contributed by atoms with E-state index in [2.05, 4.69) is 9.71 Å². The maximum atomic E-state index is 12.1. The lowest BCUT2D eigenvalue weighted by atomic mass is 10.3. The molecule has 0 saturated heterocycles. The molecule has 1 heterocycles. The number of hydrogen-bond donors (Lipinski definition) is 2. The number of nitrogens with one attached hydrogen (secondary N) is 1. The Morgan fingerprint density at radius 1 is 1.14 bits per heavy atom. The summed E-state index contributed by atoms with van der Waals surface area (Å²) >= 11 is 11.5. The van der Waals surface area contributed by atoms with Gasteiger partial charge in [-0.15, -0.1) is 0 Å². The number of aromatic nitrogens is 1. The van der Waals surface area contributed by atoms with E-state index in [1.165, 1.54) is 30.3 Å². The SMILES string of the molecule is O=C(O)c1ccc(NS(=O)(=O)c2ccc(Cl)c(Cl)c2)cn1. The zero-order valence-electron chi connectivity index (χ0n) is 10.2. The summed E-state index contributed by atoms with van der Waals surface area (Å²) in [6, 6.07) is 6.37. The van der Waals surface area contributed by atoms with Crippen LogP contribution >= 0.6 is 23.2 Å². The minimum atomic E-state index is -3.87. The number of sulfonamides is 1. The molecule has 0 aliphatic carbocycles. The highest BCUT2D eigenvalue weighted by molar-refractivity contribution is 7.92. The first kappa shape index (κ1) is 15.6. The number of carboxylic acid groups (broad SMARTS) is 1. The summed E-state index contributed by atoms with van der Waals surface area (Å²) in [6.07, 6.45) is 1.11. The molecule has 2 aromatic rings. The normalized spacial score (nSPS) is 11.1. The van der Waals surface area contributed by atoms with E-state index in [-0.39, 0.29) is 26.3 Å². The lowest BCUT2D eigenvalue weighted by Gasteiger charge is -2.08. The molecular formula is C12H8Cl2N2O4S. The second kappa shape index (κ2) is 5.88. The third-order valence-corrected chi connectivity index (χ3v) is 4.55. The van der Waals surface area contributed by atoms with Crippen LogP contribution in [-0.2, 0) is 10.0 Å². The number of pyridine rings is 1. The molecule has 0 unspecified atom stereocenters. The van der Waals surface area contributed by atoms with Gasteiger partial charge in [-0.2, -0.15) is 0 Å². The Kier molecular flexibility index (Phi) is 4.36. The Balaban J connectivity index is 2.28. The van der Waals surface area contributed by atoms with E-state index >= 15 is 0 Å². The first-order chi connectivity index (χ1) is 9.79. The van der Waals surface area contributed by atoms with Gasteiger partial charge >= 0.3 is 5.97 Å². The Morgan fingerprint density at radius 2 is 1.86 bits per heavy atom. The summed E-state index contributed by atoms with van der Waals surface area (Å²) < 4.78 is 26.5. The zero-order chi connectivity index (χ0) is 15.6. The van der Waals surface area contributed by atoms with Gasteiger partial charge in [0, 0.05) is 0 Å². The number of anilines is 1. The van der Waals surface area contributed by atoms with Crippen molar-refractivity contribution in [2.24, 2.45) is 0 Å². The number of aromatic carboxylic acids is 1. The van der Waals surface area contributed by atoms with Gasteiger partial charge in [0.1, 0.15) is 5.69 Å². The molecule has 0 aliphatic heterocycles. The molecule has 0 bridgehead atoms. The molecule has 0 amide bonds. The van der Waals surface area contributed by atoms with E-state index in [0.29, 0.717) is 0 Å². The average Bonchev–Trinajstić information content (AvgIpc) is 2.42. The first-order valence-corrected chi connectivity index (χ1v) is 7.71. The van der Waals surface area contributed by atoms with Crippen molar-refractivity contribution in [3.63, 3.8) is 0 Å². The van der Waals surface area contributed by atoms with Gasteiger partial charge in [-0.1, -0.05) is 23.2 Å². The lowest BCUT2D eigenvalue weighted by Crippen LogP contribution is -2.13. The van der Waals surface area contributed by atoms with Crippen molar-refractivity contribution < 1.29 is 18.3 Å². The molecule has 1 aromatic carbocycles. The first-order valence-electron chi connectivity index (χ1n) is 5.47. The third-order valence-electron chi connectivity index (χ3n) is 2.44. The quantitative estimate of drug-likeness (QED) is 0.887. The van der Waals surface area contributed by atoms with Crippen molar-refractivity contribution in [1.82, 2.24) is 4.98 Å². The molecule has 0 atom stereocenters. The van der Waals surface area contributed by atoms with Crippen molar-refractivity contribution in [3.8, 4) is 0 Å². The van der Waals surface area contributed by atoms with Gasteiger partial charge < -0.3 is 5.11 Å². The summed E-state index contributed by atoms with van der Waals surface area (Å²) in [4.78, 5) is 14.2. The lowest BCUT2D eigenvalue weighted by molar-refractivity contribution is 0.0690. The Labute approximate surface area is 130 Å². The van der Waals surface area contributed by atoms with Gasteiger partial charge in [0.2, 0.25) is 0 Å². The molecule has 0 spiro atoms. The fourth-order valence-electron chi connectivity index (χ4n) is 1.44. The summed E-state index contributed by atoms with van der Waals surface area (Å²) in [5, 5.41) is 9.06. The van der Waals surface area contributed by atoms with Gasteiger partial charge in [-0.3, -0.25) is 4.72 Å². The van der Waals surface area contributed by atoms with Crippen LogP contribution in [0.2, 0.25) is 10.0 Å². The number of hydrogen-bond acceptors (Lipinski definition) is 4. The fraction of sp³-hybridized carbons (Fsp3) is 0. The number of benzene rings is 1. The van der Waals surface area contributed by atoms with E-state index in [1.807, 2.05) is 0 Å². The molecule has 9 heteroatoms. The van der Waals surface area contributed by atoms with Gasteiger partial charge in [0.25, 0.3) is 10.0 Å². The molecule has 0 radical (unpaired) electrons. The van der Waals surface area contributed by atoms with E-state index in [4.69, 9.17) is 28.3 Å². The van der Waals surface area contributed by atoms with Crippen LogP contribution in [0, 0.1) is 0 Å². The predicted octanol–water partition coefficient (Wildman–Crippen LogP) is 2.89. The second-order valence-corrected chi connectivity index (χ2v) is 6.42. The number of nitrogens with zero attached hydrogens (tertiary/aromatic N) is 1. The fourth-order valence-corrected chi connectivity index (χ4v) is 2.87. The van der Waals surface area contributed by atoms with Crippen LogP contribution in [0.3, 0.4) is 0 Å². The summed E-state index contributed by atoms with van der Waals surface area (Å²) in [7, 11) is -3.87. The van der Waals surface area contributed by atoms with Crippen molar-refractivity contribution >= 4 is 44.9 Å². The van der Waals surface area contributed by atoms with Crippen molar-refractivity contribution in [1.29, 1.82) is 0 Å². The van der Waals surface area contributed by atoms with E-state index in [1.54, 1.807) is 0 Å². The third kappa shape index (κ3) is 3.63. The number of rotatable bonds is 4. The van der Waals surface area contributed by atoms with Crippen molar-refractivity contribution in [2.45, 2.75) is 4.90 Å². The summed E-state index contributed by atoms with van der Waals surface area (Å²) in [5.74, 6) is -1.20. The van der Waals surface area contributed by atoms with Crippen LogP contribution in [0.4, 0.5) is 5.69 Å². The van der Waals surface area contributed by atoms with Crippen LogP contribution in [0.15, 0.2) is 41.4 Å². The van der Waals surface area contributed by atoms with Crippen LogP contribution in [0.5, 0.6) is 0 Å². The number of halogens is 2. The number of carbonyl (C=O) groups is 1. The van der Waals surface area contributed by atoms with Crippen LogP contribution < -0.4 is 4.72 Å². The van der Waals surface area contributed by atoms with Gasteiger partial charge in [0.05, 0.1) is 26.8 Å². The Bertz CT molecular complexity index is 791. The molecular weight excluding hydrogens is 339 g/mol. The van der Waals surface area contributed by atoms with E-state index in [0.717, 1.165) is 6.20 Å². The maximum Gasteiger partial charge on any atom is 0.354 e. The standard InChI is InChI=1S/C12H8Cl2N2O4S/c13-9-3-2-8(5-10(9)14)21(19,20)16-7-1-4-11(12(17)18)15-6-7/h1-6,16H,(H,17,18). The van der Waals surface area contributed by atoms with E-state index in [9.17, 15) is 13.2 Å². The molecule has 0 aliphatic rings. The van der Waals surface area contributed by atoms with Crippen molar-refractivity contribution in [2.75, 3.05) is 4.72 Å².